The molecule has 0 bridgehead atoms. The summed E-state index contributed by atoms with van der Waals surface area (Å²) in [6.07, 6.45) is 1.70. The SMILES string of the molecule is CCc1ccc(OCC(=O)N2CCCN(C(=O)c3ccccc3OC)CC2)cc1. The zero-order valence-corrected chi connectivity index (χ0v) is 17.1. The van der Waals surface area contributed by atoms with Crippen LogP contribution in [0, 0.1) is 0 Å². The molecule has 0 unspecified atom stereocenters. The van der Waals surface area contributed by atoms with E-state index in [0.29, 0.717) is 43.2 Å². The molecule has 6 nitrogen and oxygen atoms in total. The van der Waals surface area contributed by atoms with Crippen LogP contribution >= 0.6 is 0 Å². The van der Waals surface area contributed by atoms with E-state index in [9.17, 15) is 9.59 Å². The molecule has 0 aromatic heterocycles. The molecule has 1 fully saturated rings. The molecule has 2 aromatic rings. The fourth-order valence-corrected chi connectivity index (χ4v) is 3.42. The maximum atomic E-state index is 12.9. The maximum absolute atomic E-state index is 12.9. The van der Waals surface area contributed by atoms with Crippen LogP contribution in [0.3, 0.4) is 0 Å². The second kappa shape index (κ2) is 9.96. The van der Waals surface area contributed by atoms with Crippen molar-refractivity contribution in [2.24, 2.45) is 0 Å². The molecule has 0 radical (unpaired) electrons. The molecule has 2 amide bonds. The number of carbonyl (C=O) groups excluding carboxylic acids is 2. The summed E-state index contributed by atoms with van der Waals surface area (Å²) in [4.78, 5) is 29.0. The van der Waals surface area contributed by atoms with E-state index in [-0.39, 0.29) is 18.4 Å². The van der Waals surface area contributed by atoms with Gasteiger partial charge in [0.2, 0.25) is 0 Å². The number of carbonyl (C=O) groups is 2. The quantitative estimate of drug-likeness (QED) is 0.753. The van der Waals surface area contributed by atoms with Gasteiger partial charge < -0.3 is 19.3 Å². The van der Waals surface area contributed by atoms with Crippen LogP contribution in [0.25, 0.3) is 0 Å². The summed E-state index contributed by atoms with van der Waals surface area (Å²) in [5.74, 6) is 1.13. The molecule has 0 aliphatic carbocycles. The van der Waals surface area contributed by atoms with Crippen molar-refractivity contribution in [3.8, 4) is 11.5 Å². The summed E-state index contributed by atoms with van der Waals surface area (Å²) < 4.78 is 11.0. The lowest BCUT2D eigenvalue weighted by molar-refractivity contribution is -0.133. The van der Waals surface area contributed by atoms with Crippen LogP contribution in [-0.2, 0) is 11.2 Å². The lowest BCUT2D eigenvalue weighted by Crippen LogP contribution is -2.39. The number of hydrogen-bond donors (Lipinski definition) is 0. The summed E-state index contributed by atoms with van der Waals surface area (Å²) in [6, 6.07) is 15.0. The number of benzene rings is 2. The molecule has 0 atom stereocenters. The molecule has 0 saturated carbocycles. The number of para-hydroxylation sites is 1. The van der Waals surface area contributed by atoms with Gasteiger partial charge in [-0.05, 0) is 42.7 Å². The van der Waals surface area contributed by atoms with Crippen molar-refractivity contribution >= 4 is 11.8 Å². The normalized spacial score (nSPS) is 14.3. The number of amides is 2. The van der Waals surface area contributed by atoms with Crippen molar-refractivity contribution < 1.29 is 19.1 Å². The van der Waals surface area contributed by atoms with Crippen molar-refractivity contribution in [1.29, 1.82) is 0 Å². The van der Waals surface area contributed by atoms with Gasteiger partial charge in [0.25, 0.3) is 11.8 Å². The second-order valence-electron chi connectivity index (χ2n) is 7.01. The standard InChI is InChI=1S/C23H28N2O4/c1-3-18-9-11-19(12-10-18)29-17-22(26)24-13-6-14-25(16-15-24)23(27)20-7-4-5-8-21(20)28-2/h4-5,7-12H,3,6,13-17H2,1-2H3. The van der Waals surface area contributed by atoms with Crippen molar-refractivity contribution in [2.45, 2.75) is 19.8 Å². The summed E-state index contributed by atoms with van der Waals surface area (Å²) in [5, 5.41) is 0. The fourth-order valence-electron chi connectivity index (χ4n) is 3.42. The Balaban J connectivity index is 1.54. The highest BCUT2D eigenvalue weighted by molar-refractivity contribution is 5.97. The lowest BCUT2D eigenvalue weighted by atomic mass is 10.1. The minimum Gasteiger partial charge on any atom is -0.496 e. The third-order valence-corrected chi connectivity index (χ3v) is 5.17. The first-order valence-corrected chi connectivity index (χ1v) is 10.0. The topological polar surface area (TPSA) is 59.1 Å². The minimum absolute atomic E-state index is 0.00588. The maximum Gasteiger partial charge on any atom is 0.260 e. The first-order chi connectivity index (χ1) is 14.1. The molecular weight excluding hydrogens is 368 g/mol. The van der Waals surface area contributed by atoms with Gasteiger partial charge in [0.15, 0.2) is 6.61 Å². The molecule has 2 aromatic carbocycles. The van der Waals surface area contributed by atoms with Gasteiger partial charge in [0, 0.05) is 26.2 Å². The largest absolute Gasteiger partial charge is 0.496 e. The van der Waals surface area contributed by atoms with Gasteiger partial charge in [-0.1, -0.05) is 31.2 Å². The summed E-state index contributed by atoms with van der Waals surface area (Å²) in [6.45, 7) is 4.32. The summed E-state index contributed by atoms with van der Waals surface area (Å²) >= 11 is 0. The highest BCUT2D eigenvalue weighted by atomic mass is 16.5. The van der Waals surface area contributed by atoms with Gasteiger partial charge in [-0.3, -0.25) is 9.59 Å². The van der Waals surface area contributed by atoms with Crippen LogP contribution in [0.4, 0.5) is 0 Å². The van der Waals surface area contributed by atoms with Gasteiger partial charge >= 0.3 is 0 Å². The monoisotopic (exact) mass is 396 g/mol. The highest BCUT2D eigenvalue weighted by Gasteiger charge is 2.24. The van der Waals surface area contributed by atoms with Crippen molar-refractivity contribution in [3.63, 3.8) is 0 Å². The van der Waals surface area contributed by atoms with Crippen molar-refractivity contribution in [2.75, 3.05) is 39.9 Å². The molecular formula is C23H28N2O4. The third-order valence-electron chi connectivity index (χ3n) is 5.17. The number of aryl methyl sites for hydroxylation is 1. The average Bonchev–Trinajstić information content (AvgIpc) is 3.03. The smallest absolute Gasteiger partial charge is 0.260 e. The number of rotatable bonds is 6. The summed E-state index contributed by atoms with van der Waals surface area (Å²) in [5.41, 5.74) is 1.78. The first kappa shape index (κ1) is 20.7. The Morgan fingerprint density at radius 2 is 1.62 bits per heavy atom. The van der Waals surface area contributed by atoms with Crippen LogP contribution in [0.2, 0.25) is 0 Å². The number of nitrogens with zero attached hydrogens (tertiary/aromatic N) is 2. The molecule has 154 valence electrons. The molecule has 1 aliphatic heterocycles. The van der Waals surface area contributed by atoms with Crippen LogP contribution < -0.4 is 9.47 Å². The van der Waals surface area contributed by atoms with Crippen LogP contribution in [0.1, 0.15) is 29.3 Å². The van der Waals surface area contributed by atoms with E-state index < -0.39 is 0 Å². The van der Waals surface area contributed by atoms with E-state index in [1.165, 1.54) is 5.56 Å². The zero-order valence-electron chi connectivity index (χ0n) is 17.1. The predicted molar refractivity (Wildman–Crippen MR) is 111 cm³/mol. The Morgan fingerprint density at radius 1 is 0.931 bits per heavy atom. The molecule has 29 heavy (non-hydrogen) atoms. The van der Waals surface area contributed by atoms with E-state index in [1.54, 1.807) is 29.0 Å². The Labute approximate surface area is 172 Å². The van der Waals surface area contributed by atoms with Gasteiger partial charge in [-0.25, -0.2) is 0 Å². The Morgan fingerprint density at radius 3 is 2.34 bits per heavy atom. The molecule has 1 heterocycles. The van der Waals surface area contributed by atoms with Crippen LogP contribution in [-0.4, -0.2) is 61.5 Å². The number of methoxy groups -OCH3 is 1. The first-order valence-electron chi connectivity index (χ1n) is 10.0. The van der Waals surface area contributed by atoms with E-state index in [4.69, 9.17) is 9.47 Å². The molecule has 3 rings (SSSR count). The van der Waals surface area contributed by atoms with Crippen LogP contribution in [0.5, 0.6) is 11.5 Å². The number of hydrogen-bond acceptors (Lipinski definition) is 4. The molecule has 6 heteroatoms. The van der Waals surface area contributed by atoms with E-state index in [2.05, 4.69) is 6.92 Å². The van der Waals surface area contributed by atoms with E-state index in [0.717, 1.165) is 12.8 Å². The van der Waals surface area contributed by atoms with Gasteiger partial charge in [-0.15, -0.1) is 0 Å². The second-order valence-corrected chi connectivity index (χ2v) is 7.01. The van der Waals surface area contributed by atoms with Crippen molar-refractivity contribution in [1.82, 2.24) is 9.80 Å². The minimum atomic E-state index is -0.0657. The zero-order chi connectivity index (χ0) is 20.6. The predicted octanol–water partition coefficient (Wildman–Crippen LogP) is 3.01. The van der Waals surface area contributed by atoms with Gasteiger partial charge in [-0.2, -0.15) is 0 Å². The lowest BCUT2D eigenvalue weighted by Gasteiger charge is -2.23. The molecule has 0 N–H and O–H groups in total. The third kappa shape index (κ3) is 5.28. The average molecular weight is 396 g/mol. The number of ether oxygens (including phenoxy) is 2. The molecule has 0 spiro atoms. The van der Waals surface area contributed by atoms with Gasteiger partial charge in [0.05, 0.1) is 12.7 Å². The van der Waals surface area contributed by atoms with Crippen LogP contribution in [0.15, 0.2) is 48.5 Å². The van der Waals surface area contributed by atoms with Crippen molar-refractivity contribution in [3.05, 3.63) is 59.7 Å². The molecule has 1 saturated heterocycles. The van der Waals surface area contributed by atoms with E-state index >= 15 is 0 Å². The Bertz CT molecular complexity index is 835. The van der Waals surface area contributed by atoms with E-state index in [1.807, 2.05) is 36.4 Å². The Kier molecular flexibility index (Phi) is 7.11. The van der Waals surface area contributed by atoms with Gasteiger partial charge in [0.1, 0.15) is 11.5 Å². The molecule has 1 aliphatic rings. The summed E-state index contributed by atoms with van der Waals surface area (Å²) in [7, 11) is 1.56. The Hall–Kier alpha value is -3.02. The fraction of sp³-hybridized carbons (Fsp3) is 0.391. The highest BCUT2D eigenvalue weighted by Crippen LogP contribution is 2.20.